The molecule has 3 heteroatoms. The van der Waals surface area contributed by atoms with Gasteiger partial charge in [-0.15, -0.1) is 0 Å². The fraction of sp³-hybridized carbons (Fsp3) is 0.600. The van der Waals surface area contributed by atoms with Crippen molar-refractivity contribution < 1.29 is 7.58 Å². The molecule has 0 atom stereocenters. The minimum absolute atomic E-state index is 0.0161. The van der Waals surface area contributed by atoms with Gasteiger partial charge < -0.3 is 7.58 Å². The zero-order valence-electron chi connectivity index (χ0n) is 23.7. The van der Waals surface area contributed by atoms with Crippen LogP contribution in [0.2, 0.25) is 0 Å². The second kappa shape index (κ2) is 9.32. The van der Waals surface area contributed by atoms with Gasteiger partial charge in [0.25, 0.3) is 0 Å². The molecular weight excluding hydrogens is 419 g/mol. The molecule has 0 aliphatic heterocycles. The molecule has 0 spiro atoms. The van der Waals surface area contributed by atoms with Crippen molar-refractivity contribution in [2.75, 3.05) is 0 Å². The molecule has 0 unspecified atom stereocenters. The van der Waals surface area contributed by atoms with Crippen LogP contribution >= 0.6 is 0 Å². The van der Waals surface area contributed by atoms with Crippen LogP contribution < -0.4 is 7.58 Å². The molecule has 0 saturated heterocycles. The fourth-order valence-corrected chi connectivity index (χ4v) is 4.90. The molecule has 2 aromatic rings. The number of benzene rings is 2. The van der Waals surface area contributed by atoms with Gasteiger partial charge in [0.2, 0.25) is 0 Å². The molecule has 0 aliphatic carbocycles. The first-order valence-corrected chi connectivity index (χ1v) is 13.1. The minimum atomic E-state index is -0.722. The Morgan fingerprint density at radius 1 is 0.455 bits per heavy atom. The summed E-state index contributed by atoms with van der Waals surface area (Å²) in [4.78, 5) is 0. The quantitative estimate of drug-likeness (QED) is 0.421. The Labute approximate surface area is 210 Å². The van der Waals surface area contributed by atoms with Gasteiger partial charge in [-0.3, -0.25) is 0 Å². The van der Waals surface area contributed by atoms with E-state index in [4.69, 9.17) is 7.58 Å². The van der Waals surface area contributed by atoms with Gasteiger partial charge in [0.1, 0.15) is 0 Å². The fourth-order valence-electron chi connectivity index (χ4n) is 4.15. The Kier molecular flexibility index (Phi) is 7.85. The standard InChI is InChI=1S/2C15H24O.Al/c2*1-10-8-11(14(2,3)4)13(16)12(9-10)15(5,6)7;/h2*8-9,16H,1-7H3;/q;;+2/p-2. The van der Waals surface area contributed by atoms with Crippen molar-refractivity contribution in [1.82, 2.24) is 0 Å². The van der Waals surface area contributed by atoms with Gasteiger partial charge in [-0.05, 0) is 57.8 Å². The number of rotatable bonds is 4. The van der Waals surface area contributed by atoms with Crippen LogP contribution in [0.5, 0.6) is 11.5 Å². The van der Waals surface area contributed by atoms with E-state index < -0.39 is 15.9 Å². The van der Waals surface area contributed by atoms with Gasteiger partial charge in [0.05, 0.1) is 11.5 Å². The van der Waals surface area contributed by atoms with Gasteiger partial charge in [-0.1, -0.05) is 118 Å². The molecule has 2 rings (SSSR count). The summed E-state index contributed by atoms with van der Waals surface area (Å²) < 4.78 is 13.2. The van der Waals surface area contributed by atoms with E-state index in [2.05, 4.69) is 121 Å². The highest BCUT2D eigenvalue weighted by atomic mass is 27.2. The lowest BCUT2D eigenvalue weighted by Crippen LogP contribution is -2.25. The highest BCUT2D eigenvalue weighted by molar-refractivity contribution is 6.21. The third kappa shape index (κ3) is 6.80. The van der Waals surface area contributed by atoms with Crippen LogP contribution in [0.3, 0.4) is 0 Å². The van der Waals surface area contributed by atoms with Crippen molar-refractivity contribution in [3.63, 3.8) is 0 Å². The molecular formula is C30H46AlO2. The van der Waals surface area contributed by atoms with Crippen LogP contribution in [0, 0.1) is 13.8 Å². The zero-order valence-corrected chi connectivity index (χ0v) is 24.9. The van der Waals surface area contributed by atoms with E-state index >= 15 is 0 Å². The van der Waals surface area contributed by atoms with Gasteiger partial charge in [0.15, 0.2) is 0 Å². The predicted octanol–water partition coefficient (Wildman–Crippen LogP) is 8.49. The number of aryl methyl sites for hydroxylation is 2. The summed E-state index contributed by atoms with van der Waals surface area (Å²) in [7, 11) is 0. The second-order valence-corrected chi connectivity index (χ2v) is 14.4. The average Bonchev–Trinajstić information content (AvgIpc) is 2.59. The van der Waals surface area contributed by atoms with Crippen LogP contribution in [-0.4, -0.2) is 15.9 Å². The second-order valence-electron chi connectivity index (χ2n) is 13.7. The van der Waals surface area contributed by atoms with E-state index in [1.54, 1.807) is 0 Å². The van der Waals surface area contributed by atoms with E-state index in [1.807, 2.05) is 0 Å². The van der Waals surface area contributed by atoms with Crippen molar-refractivity contribution in [1.29, 1.82) is 0 Å². The Bertz CT molecular complexity index is 838. The largest absolute Gasteiger partial charge is 0.881 e. The maximum atomic E-state index is 6.61. The van der Waals surface area contributed by atoms with E-state index in [-0.39, 0.29) is 21.7 Å². The third-order valence-electron chi connectivity index (χ3n) is 6.03. The summed E-state index contributed by atoms with van der Waals surface area (Å²) in [6.07, 6.45) is 0. The van der Waals surface area contributed by atoms with Crippen LogP contribution in [0.25, 0.3) is 0 Å². The lowest BCUT2D eigenvalue weighted by Gasteiger charge is -2.33. The first-order chi connectivity index (χ1) is 14.7. The molecule has 0 N–H and O–H groups in total. The molecule has 0 heterocycles. The third-order valence-corrected chi connectivity index (χ3v) is 6.69. The van der Waals surface area contributed by atoms with Crippen LogP contribution in [-0.2, 0) is 21.7 Å². The van der Waals surface area contributed by atoms with Crippen LogP contribution in [0.15, 0.2) is 24.3 Å². The molecule has 0 fully saturated rings. The first kappa shape index (κ1) is 27.8. The Morgan fingerprint density at radius 2 is 0.667 bits per heavy atom. The number of hydrogen-bond acceptors (Lipinski definition) is 2. The Hall–Kier alpha value is -1.43. The maximum Gasteiger partial charge on any atom is 0.881 e. The highest BCUT2D eigenvalue weighted by Gasteiger charge is 2.31. The number of hydrogen-bond donors (Lipinski definition) is 0. The van der Waals surface area contributed by atoms with E-state index in [1.165, 1.54) is 33.4 Å². The monoisotopic (exact) mass is 465 g/mol. The van der Waals surface area contributed by atoms with E-state index in [0.29, 0.717) is 0 Å². The van der Waals surface area contributed by atoms with Crippen molar-refractivity contribution in [3.8, 4) is 11.5 Å². The molecule has 181 valence electrons. The summed E-state index contributed by atoms with van der Waals surface area (Å²) in [6, 6.07) is 9.10. The normalized spacial score (nSPS) is 13.2. The average molecular weight is 466 g/mol. The summed E-state index contributed by atoms with van der Waals surface area (Å²) in [5.74, 6) is 2.00. The van der Waals surface area contributed by atoms with Gasteiger partial charge in [0, 0.05) is 0 Å². The summed E-state index contributed by atoms with van der Waals surface area (Å²) in [5.41, 5.74) is 7.48. The van der Waals surface area contributed by atoms with E-state index in [9.17, 15) is 0 Å². The lowest BCUT2D eigenvalue weighted by atomic mass is 9.78. The Balaban J connectivity index is 2.56. The van der Waals surface area contributed by atoms with Crippen molar-refractivity contribution in [2.45, 2.75) is 119 Å². The van der Waals surface area contributed by atoms with Crippen molar-refractivity contribution >= 4 is 15.9 Å². The highest BCUT2D eigenvalue weighted by Crippen LogP contribution is 2.42. The van der Waals surface area contributed by atoms with Gasteiger partial charge in [-0.2, -0.15) is 0 Å². The molecule has 33 heavy (non-hydrogen) atoms. The molecule has 0 bridgehead atoms. The minimum Gasteiger partial charge on any atom is -0.615 e. The molecule has 2 nitrogen and oxygen atoms in total. The topological polar surface area (TPSA) is 18.5 Å². The molecule has 0 aliphatic rings. The molecule has 0 aromatic heterocycles. The van der Waals surface area contributed by atoms with Crippen LogP contribution in [0.4, 0.5) is 0 Å². The smallest absolute Gasteiger partial charge is 0.615 e. The molecule has 0 saturated carbocycles. The molecule has 2 aromatic carbocycles. The maximum absolute atomic E-state index is 6.61. The zero-order chi connectivity index (χ0) is 25.6. The molecule has 0 amide bonds. The van der Waals surface area contributed by atoms with Crippen molar-refractivity contribution in [3.05, 3.63) is 57.6 Å². The molecule has 1 radical (unpaired) electrons. The SMILES string of the molecule is Cc1cc(C(C)(C)C)c([O][Al][O]c2c(C(C)(C)C)cc(C)cc2C(C)(C)C)c(C(C)(C)C)c1. The lowest BCUT2D eigenvalue weighted by molar-refractivity contribution is 0.413. The predicted molar refractivity (Wildman–Crippen MR) is 144 cm³/mol. The summed E-state index contributed by atoms with van der Waals surface area (Å²) in [6.45, 7) is 31.4. The Morgan fingerprint density at radius 3 is 0.848 bits per heavy atom. The van der Waals surface area contributed by atoms with E-state index in [0.717, 1.165) is 11.5 Å². The van der Waals surface area contributed by atoms with Gasteiger partial charge >= 0.3 is 15.9 Å². The summed E-state index contributed by atoms with van der Waals surface area (Å²) in [5, 5.41) is 0. The van der Waals surface area contributed by atoms with Crippen LogP contribution in [0.1, 0.15) is 116 Å². The van der Waals surface area contributed by atoms with Gasteiger partial charge in [-0.25, -0.2) is 0 Å². The summed E-state index contributed by atoms with van der Waals surface area (Å²) >= 11 is -0.722. The first-order valence-electron chi connectivity index (χ1n) is 12.2. The van der Waals surface area contributed by atoms with Crippen molar-refractivity contribution in [2.24, 2.45) is 0 Å².